The second kappa shape index (κ2) is 2.38. The summed E-state index contributed by atoms with van der Waals surface area (Å²) in [5.74, 6) is 0. The summed E-state index contributed by atoms with van der Waals surface area (Å²) < 4.78 is 31.8. The van der Waals surface area contributed by atoms with E-state index in [9.17, 15) is 12.8 Å². The van der Waals surface area contributed by atoms with Crippen molar-refractivity contribution in [2.75, 3.05) is 13.8 Å². The fourth-order valence-electron chi connectivity index (χ4n) is 0.0680. The van der Waals surface area contributed by atoms with Crippen molar-refractivity contribution in [2.45, 2.75) is 0 Å². The highest BCUT2D eigenvalue weighted by Gasteiger charge is 2.08. The third-order valence-corrected chi connectivity index (χ3v) is 1.57. The predicted molar refractivity (Wildman–Crippen MR) is 26.8 cm³/mol. The monoisotopic (exact) mass is 142 g/mol. The first-order valence-corrected chi connectivity index (χ1v) is 3.29. The minimum Gasteiger partial charge on any atom is -0.233 e. The molecule has 0 aromatic heterocycles. The molecule has 0 aromatic carbocycles. The molecular weight excluding hydrogens is 135 g/mol. The van der Waals surface area contributed by atoms with Gasteiger partial charge in [-0.2, -0.15) is 12.7 Å². The molecule has 0 atom stereocenters. The summed E-state index contributed by atoms with van der Waals surface area (Å²) in [6.07, 6.45) is 0. The SMILES string of the molecule is CN(CF)S(N)(=O)=O. The zero-order valence-electron chi connectivity index (χ0n) is 4.33. The molecule has 0 aliphatic carbocycles. The molecule has 2 N–H and O–H groups in total. The third-order valence-electron chi connectivity index (χ3n) is 0.603. The van der Waals surface area contributed by atoms with E-state index in [2.05, 4.69) is 5.14 Å². The van der Waals surface area contributed by atoms with E-state index in [0.717, 1.165) is 7.05 Å². The van der Waals surface area contributed by atoms with Gasteiger partial charge in [-0.1, -0.05) is 0 Å². The normalized spacial score (nSPS) is 12.5. The molecule has 0 aromatic rings. The highest BCUT2D eigenvalue weighted by molar-refractivity contribution is 7.86. The third kappa shape index (κ3) is 2.20. The van der Waals surface area contributed by atoms with E-state index in [1.54, 1.807) is 0 Å². The van der Waals surface area contributed by atoms with Crippen molar-refractivity contribution >= 4 is 10.2 Å². The molecule has 0 saturated heterocycles. The standard InChI is InChI=1S/C2H7FN2O2S/c1-5(2-3)8(4,6)7/h2H2,1H3,(H2,4,6,7). The highest BCUT2D eigenvalue weighted by Crippen LogP contribution is 1.86. The Kier molecular flexibility index (Phi) is 2.32. The second-order valence-corrected chi connectivity index (χ2v) is 2.92. The van der Waals surface area contributed by atoms with Crippen LogP contribution < -0.4 is 5.14 Å². The summed E-state index contributed by atoms with van der Waals surface area (Å²) in [5, 5.41) is 4.45. The Bertz CT molecular complexity index is 153. The Labute approximate surface area is 47.3 Å². The second-order valence-electron chi connectivity index (χ2n) is 1.26. The van der Waals surface area contributed by atoms with Gasteiger partial charge in [0.1, 0.15) is 0 Å². The summed E-state index contributed by atoms with van der Waals surface area (Å²) in [7, 11) is -2.74. The van der Waals surface area contributed by atoms with Gasteiger partial charge >= 0.3 is 0 Å². The molecule has 8 heavy (non-hydrogen) atoms. The van der Waals surface area contributed by atoms with Crippen LogP contribution >= 0.6 is 0 Å². The van der Waals surface area contributed by atoms with Gasteiger partial charge in [0.25, 0.3) is 10.2 Å². The molecule has 0 aliphatic heterocycles. The van der Waals surface area contributed by atoms with Crippen LogP contribution in [0.5, 0.6) is 0 Å². The van der Waals surface area contributed by atoms with Crippen LogP contribution in [0.25, 0.3) is 0 Å². The molecule has 6 heteroatoms. The summed E-state index contributed by atoms with van der Waals surface area (Å²) in [4.78, 5) is 0. The zero-order chi connectivity index (χ0) is 6.78. The average Bonchev–Trinajstić information content (AvgIpc) is 1.62. The van der Waals surface area contributed by atoms with Gasteiger partial charge in [-0.15, -0.1) is 0 Å². The van der Waals surface area contributed by atoms with Gasteiger partial charge in [-0.25, -0.2) is 9.53 Å². The van der Waals surface area contributed by atoms with Crippen molar-refractivity contribution in [3.8, 4) is 0 Å². The number of nitrogens with two attached hydrogens (primary N) is 1. The summed E-state index contributed by atoms with van der Waals surface area (Å²) in [6, 6.07) is 0. The van der Waals surface area contributed by atoms with Crippen LogP contribution in [0.3, 0.4) is 0 Å². The fraction of sp³-hybridized carbons (Fsp3) is 1.00. The molecule has 0 unspecified atom stereocenters. The Morgan fingerprint density at radius 3 is 2.12 bits per heavy atom. The van der Waals surface area contributed by atoms with E-state index in [1.165, 1.54) is 0 Å². The molecule has 0 saturated carbocycles. The van der Waals surface area contributed by atoms with Crippen LogP contribution in [0.1, 0.15) is 0 Å². The van der Waals surface area contributed by atoms with Gasteiger partial charge in [-0.3, -0.25) is 0 Å². The first-order valence-electron chi connectivity index (χ1n) is 1.78. The molecular formula is C2H7FN2O2S. The smallest absolute Gasteiger partial charge is 0.233 e. The van der Waals surface area contributed by atoms with Gasteiger partial charge < -0.3 is 0 Å². The molecule has 0 bridgehead atoms. The van der Waals surface area contributed by atoms with Crippen molar-refractivity contribution in [1.82, 2.24) is 4.31 Å². The number of nitrogens with zero attached hydrogens (tertiary/aromatic N) is 1. The minimum atomic E-state index is -3.79. The minimum absolute atomic E-state index is 0.396. The summed E-state index contributed by atoms with van der Waals surface area (Å²) in [6.45, 7) is -1.08. The van der Waals surface area contributed by atoms with Crippen LogP contribution in [-0.2, 0) is 10.2 Å². The maximum Gasteiger partial charge on any atom is 0.278 e. The van der Waals surface area contributed by atoms with Gasteiger partial charge in [-0.05, 0) is 0 Å². The lowest BCUT2D eigenvalue weighted by atomic mass is 11.2. The molecule has 0 aliphatic rings. The number of halogens is 1. The lowest BCUT2D eigenvalue weighted by Gasteiger charge is -2.05. The predicted octanol–water partition coefficient (Wildman–Crippen LogP) is -0.951. The lowest BCUT2D eigenvalue weighted by Crippen LogP contribution is -2.32. The van der Waals surface area contributed by atoms with Crippen molar-refractivity contribution in [3.63, 3.8) is 0 Å². The van der Waals surface area contributed by atoms with Gasteiger partial charge in [0.15, 0.2) is 6.80 Å². The molecule has 0 rings (SSSR count). The maximum absolute atomic E-state index is 11.3. The number of alkyl halides is 1. The van der Waals surface area contributed by atoms with Crippen molar-refractivity contribution in [3.05, 3.63) is 0 Å². The van der Waals surface area contributed by atoms with Gasteiger partial charge in [0.05, 0.1) is 0 Å². The van der Waals surface area contributed by atoms with Crippen LogP contribution in [0.2, 0.25) is 0 Å². The fourth-order valence-corrected chi connectivity index (χ4v) is 0.204. The van der Waals surface area contributed by atoms with E-state index >= 15 is 0 Å². The van der Waals surface area contributed by atoms with E-state index in [-0.39, 0.29) is 0 Å². The van der Waals surface area contributed by atoms with Crippen LogP contribution in [0.15, 0.2) is 0 Å². The van der Waals surface area contributed by atoms with Gasteiger partial charge in [0, 0.05) is 7.05 Å². The Morgan fingerprint density at radius 2 is 2.12 bits per heavy atom. The molecule has 0 heterocycles. The molecule has 0 spiro atoms. The molecule has 4 nitrogen and oxygen atoms in total. The van der Waals surface area contributed by atoms with Gasteiger partial charge in [0.2, 0.25) is 0 Å². The zero-order valence-corrected chi connectivity index (χ0v) is 5.15. The number of hydrogen-bond donors (Lipinski definition) is 1. The van der Waals surface area contributed by atoms with E-state index < -0.39 is 17.0 Å². The van der Waals surface area contributed by atoms with E-state index in [4.69, 9.17) is 0 Å². The first-order chi connectivity index (χ1) is 3.48. The van der Waals surface area contributed by atoms with Crippen molar-refractivity contribution in [2.24, 2.45) is 5.14 Å². The van der Waals surface area contributed by atoms with E-state index in [0.29, 0.717) is 4.31 Å². The molecule has 0 radical (unpaired) electrons. The van der Waals surface area contributed by atoms with Crippen LogP contribution in [0.4, 0.5) is 4.39 Å². The lowest BCUT2D eigenvalue weighted by molar-refractivity contribution is 0.327. The Hall–Kier alpha value is -0.200. The Balaban J connectivity index is 4.04. The van der Waals surface area contributed by atoms with Crippen LogP contribution in [0, 0.1) is 0 Å². The van der Waals surface area contributed by atoms with Crippen molar-refractivity contribution < 1.29 is 12.8 Å². The Morgan fingerprint density at radius 1 is 1.75 bits per heavy atom. The largest absolute Gasteiger partial charge is 0.278 e. The topological polar surface area (TPSA) is 63.4 Å². The van der Waals surface area contributed by atoms with Crippen molar-refractivity contribution in [1.29, 1.82) is 0 Å². The quantitative estimate of drug-likeness (QED) is 0.505. The summed E-state index contributed by atoms with van der Waals surface area (Å²) in [5.41, 5.74) is 0. The highest BCUT2D eigenvalue weighted by atomic mass is 32.2. The summed E-state index contributed by atoms with van der Waals surface area (Å²) >= 11 is 0. The average molecular weight is 142 g/mol. The number of rotatable bonds is 2. The number of hydrogen-bond acceptors (Lipinski definition) is 2. The maximum atomic E-state index is 11.3. The molecule has 0 fully saturated rings. The van der Waals surface area contributed by atoms with E-state index in [1.807, 2.05) is 0 Å². The van der Waals surface area contributed by atoms with Crippen LogP contribution in [-0.4, -0.2) is 26.6 Å². The molecule has 0 amide bonds. The molecule has 50 valence electrons. The first kappa shape index (κ1) is 7.80.